The van der Waals surface area contributed by atoms with Gasteiger partial charge in [0, 0.05) is 42.5 Å². The number of piperidine rings is 1. The van der Waals surface area contributed by atoms with E-state index in [4.69, 9.17) is 11.6 Å². The van der Waals surface area contributed by atoms with Gasteiger partial charge in [-0.05, 0) is 37.2 Å². The summed E-state index contributed by atoms with van der Waals surface area (Å²) in [5.41, 5.74) is 1.43. The van der Waals surface area contributed by atoms with E-state index in [9.17, 15) is 18.8 Å². The number of thiazole rings is 1. The fraction of sp³-hybridized carbons (Fsp3) is 0.391. The fourth-order valence-corrected chi connectivity index (χ4v) is 5.27. The molecule has 2 atom stereocenters. The van der Waals surface area contributed by atoms with E-state index in [1.54, 1.807) is 24.3 Å². The molecule has 0 unspecified atom stereocenters. The minimum Gasteiger partial charge on any atom is -0.345 e. The first-order chi connectivity index (χ1) is 16.3. The minimum absolute atomic E-state index is 0.205. The minimum atomic E-state index is -0.957. The number of benzene rings is 1. The van der Waals surface area contributed by atoms with Crippen LogP contribution in [0.5, 0.6) is 0 Å². The Kier molecular flexibility index (Phi) is 7.60. The number of halogens is 2. The van der Waals surface area contributed by atoms with E-state index in [1.807, 2.05) is 7.05 Å². The molecule has 1 fully saturated rings. The molecule has 2 aliphatic rings. The molecule has 1 saturated heterocycles. The molecule has 0 saturated carbocycles. The number of carbonyl (C=O) groups is 3. The first-order valence-electron chi connectivity index (χ1n) is 10.9. The summed E-state index contributed by atoms with van der Waals surface area (Å²) in [5, 5.41) is 6.42. The molecule has 3 heterocycles. The number of rotatable bonds is 6. The maximum Gasteiger partial charge on any atom is 0.280 e. The van der Waals surface area contributed by atoms with Crippen LogP contribution in [0.2, 0.25) is 5.02 Å². The molecule has 0 bridgehead atoms. The van der Waals surface area contributed by atoms with Gasteiger partial charge in [0.25, 0.3) is 11.8 Å². The van der Waals surface area contributed by atoms with Crippen molar-refractivity contribution in [3.8, 4) is 0 Å². The molecule has 34 heavy (non-hydrogen) atoms. The first kappa shape index (κ1) is 24.3. The van der Waals surface area contributed by atoms with Crippen molar-refractivity contribution in [1.82, 2.24) is 25.4 Å². The standard InChI is InChI=1S/C23H25ClFN5O3S/c1-29-8-6-18-20(12-29)34-23(28-18)22(33)27-19-11-30(13-31)9-7-17(19)26-21(32)16(25)10-14-2-4-15(24)5-3-14/h2-5,10,13,17,19H,6-9,11-12H2,1H3,(H,26,32)(H,27,33)/b16-10+/t17-,19+/m0/s1. The third-order valence-corrected chi connectivity index (χ3v) is 7.26. The number of hydrogen-bond donors (Lipinski definition) is 2. The number of aromatic nitrogens is 1. The summed E-state index contributed by atoms with van der Waals surface area (Å²) < 4.78 is 14.5. The number of nitrogens with zero attached hydrogens (tertiary/aromatic N) is 3. The zero-order valence-corrected chi connectivity index (χ0v) is 20.2. The average molecular weight is 506 g/mol. The van der Waals surface area contributed by atoms with Crippen molar-refractivity contribution in [2.45, 2.75) is 31.5 Å². The Hall–Kier alpha value is -2.82. The molecule has 2 aromatic rings. The second-order valence-corrected chi connectivity index (χ2v) is 9.99. The first-order valence-corrected chi connectivity index (χ1v) is 12.1. The highest BCUT2D eigenvalue weighted by Crippen LogP contribution is 2.25. The van der Waals surface area contributed by atoms with Gasteiger partial charge >= 0.3 is 0 Å². The van der Waals surface area contributed by atoms with Crippen molar-refractivity contribution >= 4 is 47.2 Å². The van der Waals surface area contributed by atoms with Gasteiger partial charge in [0.15, 0.2) is 10.8 Å². The molecule has 11 heteroatoms. The van der Waals surface area contributed by atoms with Crippen molar-refractivity contribution in [3.05, 3.63) is 56.3 Å². The van der Waals surface area contributed by atoms with Gasteiger partial charge in [-0.2, -0.15) is 0 Å². The van der Waals surface area contributed by atoms with Gasteiger partial charge in [-0.25, -0.2) is 9.37 Å². The van der Waals surface area contributed by atoms with E-state index >= 15 is 0 Å². The number of hydrogen-bond acceptors (Lipinski definition) is 6. The summed E-state index contributed by atoms with van der Waals surface area (Å²) in [6, 6.07) is 5.29. The molecule has 0 radical (unpaired) electrons. The van der Waals surface area contributed by atoms with Crippen LogP contribution in [0.4, 0.5) is 4.39 Å². The molecule has 4 rings (SSSR count). The Morgan fingerprint density at radius 2 is 1.97 bits per heavy atom. The van der Waals surface area contributed by atoms with Gasteiger partial charge in [0.05, 0.1) is 17.8 Å². The van der Waals surface area contributed by atoms with E-state index < -0.39 is 23.8 Å². The van der Waals surface area contributed by atoms with Crippen molar-refractivity contribution in [1.29, 1.82) is 0 Å². The number of fused-ring (bicyclic) bond motifs is 1. The number of likely N-dealkylation sites (N-methyl/N-ethyl adjacent to an activating group) is 1. The van der Waals surface area contributed by atoms with Crippen molar-refractivity contribution < 1.29 is 18.8 Å². The molecule has 2 aliphatic heterocycles. The average Bonchev–Trinajstić information content (AvgIpc) is 3.25. The quantitative estimate of drug-likeness (QED) is 0.464. The Morgan fingerprint density at radius 3 is 2.71 bits per heavy atom. The highest BCUT2D eigenvalue weighted by Gasteiger charge is 2.33. The highest BCUT2D eigenvalue weighted by molar-refractivity contribution is 7.13. The fourth-order valence-electron chi connectivity index (χ4n) is 4.05. The summed E-state index contributed by atoms with van der Waals surface area (Å²) in [5.74, 6) is -2.20. The molecule has 0 spiro atoms. The molecular formula is C23H25ClFN5O3S. The SMILES string of the molecule is CN1CCc2nc(C(=O)N[C@@H]3CN(C=O)CC[C@@H]3NC(=O)/C(F)=C\c3ccc(Cl)cc3)sc2C1. The lowest BCUT2D eigenvalue weighted by Crippen LogP contribution is -2.60. The zero-order valence-electron chi connectivity index (χ0n) is 18.6. The van der Waals surface area contributed by atoms with E-state index in [0.717, 1.165) is 36.2 Å². The maximum absolute atomic E-state index is 14.5. The lowest BCUT2D eigenvalue weighted by molar-refractivity contribution is -0.121. The predicted octanol–water partition coefficient (Wildman–Crippen LogP) is 2.24. The summed E-state index contributed by atoms with van der Waals surface area (Å²) >= 11 is 7.19. The number of amides is 3. The van der Waals surface area contributed by atoms with Gasteiger partial charge in [0.1, 0.15) is 0 Å². The predicted molar refractivity (Wildman–Crippen MR) is 128 cm³/mol. The molecule has 2 N–H and O–H groups in total. The summed E-state index contributed by atoms with van der Waals surface area (Å²) in [7, 11) is 2.02. The second kappa shape index (κ2) is 10.6. The topological polar surface area (TPSA) is 94.6 Å². The number of nitrogens with one attached hydrogen (secondary N) is 2. The lowest BCUT2D eigenvalue weighted by Gasteiger charge is -2.37. The summed E-state index contributed by atoms with van der Waals surface area (Å²) in [6.45, 7) is 2.23. The number of likely N-dealkylation sites (tertiary alicyclic amines) is 1. The van der Waals surface area contributed by atoms with Crippen molar-refractivity contribution in [3.63, 3.8) is 0 Å². The smallest absolute Gasteiger partial charge is 0.280 e. The maximum atomic E-state index is 14.5. The second-order valence-electron chi connectivity index (χ2n) is 8.47. The van der Waals surface area contributed by atoms with Crippen LogP contribution < -0.4 is 10.6 Å². The van der Waals surface area contributed by atoms with Crippen LogP contribution in [0, 0.1) is 0 Å². The highest BCUT2D eigenvalue weighted by atomic mass is 35.5. The molecule has 8 nitrogen and oxygen atoms in total. The van der Waals surface area contributed by atoms with E-state index in [2.05, 4.69) is 20.5 Å². The van der Waals surface area contributed by atoms with Crippen LogP contribution >= 0.6 is 22.9 Å². The van der Waals surface area contributed by atoms with E-state index in [-0.39, 0.29) is 12.5 Å². The van der Waals surface area contributed by atoms with E-state index in [0.29, 0.717) is 35.0 Å². The van der Waals surface area contributed by atoms with Crippen LogP contribution in [0.25, 0.3) is 6.08 Å². The Labute approximate surface area is 205 Å². The number of carbonyl (C=O) groups excluding carboxylic acids is 3. The molecule has 1 aromatic carbocycles. The van der Waals surface area contributed by atoms with Crippen molar-refractivity contribution in [2.75, 3.05) is 26.7 Å². The van der Waals surface area contributed by atoms with Gasteiger partial charge in [-0.3, -0.25) is 14.4 Å². The largest absolute Gasteiger partial charge is 0.345 e. The van der Waals surface area contributed by atoms with E-state index in [1.165, 1.54) is 16.2 Å². The molecular weight excluding hydrogens is 481 g/mol. The summed E-state index contributed by atoms with van der Waals surface area (Å²) in [4.78, 5) is 46.0. The van der Waals surface area contributed by atoms with Gasteiger partial charge in [-0.1, -0.05) is 23.7 Å². The monoisotopic (exact) mass is 505 g/mol. The third kappa shape index (κ3) is 5.81. The normalized spacial score (nSPS) is 21.0. The Bertz CT molecular complexity index is 1110. The van der Waals surface area contributed by atoms with Crippen LogP contribution in [-0.4, -0.2) is 71.8 Å². The van der Waals surface area contributed by atoms with Crippen LogP contribution in [0.1, 0.15) is 32.4 Å². The van der Waals surface area contributed by atoms with Crippen LogP contribution in [-0.2, 0) is 22.6 Å². The van der Waals surface area contributed by atoms with Gasteiger partial charge in [-0.15, -0.1) is 11.3 Å². The molecule has 180 valence electrons. The zero-order chi connectivity index (χ0) is 24.2. The van der Waals surface area contributed by atoms with Gasteiger partial charge < -0.3 is 20.4 Å². The van der Waals surface area contributed by atoms with Crippen molar-refractivity contribution in [2.24, 2.45) is 0 Å². The molecule has 0 aliphatic carbocycles. The van der Waals surface area contributed by atoms with Crippen LogP contribution in [0.15, 0.2) is 30.1 Å². The molecule has 3 amide bonds. The Balaban J connectivity index is 1.44. The Morgan fingerprint density at radius 1 is 1.21 bits per heavy atom. The summed E-state index contributed by atoms with van der Waals surface area (Å²) in [6.07, 6.45) is 2.99. The third-order valence-electron chi connectivity index (χ3n) is 5.92. The molecule has 1 aromatic heterocycles. The van der Waals surface area contributed by atoms with Crippen LogP contribution in [0.3, 0.4) is 0 Å². The lowest BCUT2D eigenvalue weighted by atomic mass is 9.99. The van der Waals surface area contributed by atoms with Gasteiger partial charge in [0.2, 0.25) is 6.41 Å².